The lowest BCUT2D eigenvalue weighted by molar-refractivity contribution is 0.508. The first kappa shape index (κ1) is 14.2. The third-order valence-corrected chi connectivity index (χ3v) is 7.98. The maximum atomic E-state index is 5.05. The Morgan fingerprint density at radius 3 is 3.11 bits per heavy atom. The van der Waals surface area contributed by atoms with Gasteiger partial charge < -0.3 is 5.32 Å². The summed E-state index contributed by atoms with van der Waals surface area (Å²) >= 11 is 6.21. The van der Waals surface area contributed by atoms with Gasteiger partial charge in [0.1, 0.15) is 5.01 Å². The van der Waals surface area contributed by atoms with E-state index in [0.29, 0.717) is 11.2 Å². The smallest absolute Gasteiger partial charge is 0.107 e. The van der Waals surface area contributed by atoms with Crippen LogP contribution in [0.3, 0.4) is 0 Å². The molecule has 0 saturated carbocycles. The monoisotopic (exact) mass is 314 g/mol. The van der Waals surface area contributed by atoms with Crippen LogP contribution in [-0.4, -0.2) is 35.3 Å². The van der Waals surface area contributed by atoms with Crippen molar-refractivity contribution in [3.63, 3.8) is 0 Å². The molecule has 0 aromatic carbocycles. The molecule has 5 heteroatoms. The minimum atomic E-state index is 0.661. The number of hydrogen-bond acceptors (Lipinski definition) is 5. The number of fused-ring (bicyclic) bond motifs is 1. The third kappa shape index (κ3) is 3.31. The average molecular weight is 315 g/mol. The van der Waals surface area contributed by atoms with Crippen molar-refractivity contribution >= 4 is 34.9 Å². The molecule has 0 spiro atoms. The molecule has 1 aromatic rings. The van der Waals surface area contributed by atoms with Crippen LogP contribution in [0.5, 0.6) is 0 Å². The number of thioether (sulfide) groups is 2. The number of nitrogens with one attached hydrogen (secondary N) is 1. The van der Waals surface area contributed by atoms with Crippen LogP contribution in [0.2, 0.25) is 0 Å². The van der Waals surface area contributed by atoms with Gasteiger partial charge in [0.05, 0.1) is 10.9 Å². The number of nitrogens with zero attached hydrogens (tertiary/aromatic N) is 1. The second kappa shape index (κ2) is 6.83. The number of thiazole rings is 1. The average Bonchev–Trinajstić information content (AvgIpc) is 2.90. The van der Waals surface area contributed by atoms with Gasteiger partial charge >= 0.3 is 0 Å². The summed E-state index contributed by atoms with van der Waals surface area (Å²) in [6.07, 6.45) is 3.92. The number of aryl methyl sites for hydroxylation is 1. The lowest BCUT2D eigenvalue weighted by Gasteiger charge is -2.21. The van der Waals surface area contributed by atoms with E-state index < -0.39 is 0 Å². The summed E-state index contributed by atoms with van der Waals surface area (Å²) in [5.41, 5.74) is 1.43. The van der Waals surface area contributed by atoms with E-state index in [4.69, 9.17) is 4.98 Å². The zero-order chi connectivity index (χ0) is 13.1. The third-order valence-electron chi connectivity index (χ3n) is 3.82. The van der Waals surface area contributed by atoms with E-state index in [0.717, 1.165) is 13.1 Å². The number of aromatic nitrogens is 1. The van der Waals surface area contributed by atoms with Crippen molar-refractivity contribution in [1.29, 1.82) is 0 Å². The summed E-state index contributed by atoms with van der Waals surface area (Å²) in [6, 6.07) is 0. The van der Waals surface area contributed by atoms with Crippen molar-refractivity contribution in [2.75, 3.05) is 30.3 Å². The summed E-state index contributed by atoms with van der Waals surface area (Å²) in [7, 11) is 0. The zero-order valence-electron chi connectivity index (χ0n) is 11.5. The number of hydrogen-bond donors (Lipinski definition) is 1. The van der Waals surface area contributed by atoms with Gasteiger partial charge in [0.25, 0.3) is 0 Å². The minimum Gasteiger partial charge on any atom is -0.316 e. The van der Waals surface area contributed by atoms with E-state index in [2.05, 4.69) is 35.8 Å². The molecule has 0 amide bonds. The van der Waals surface area contributed by atoms with Crippen molar-refractivity contribution in [2.45, 2.75) is 37.4 Å². The molecule has 19 heavy (non-hydrogen) atoms. The Bertz CT molecular complexity index is 413. The van der Waals surface area contributed by atoms with E-state index in [9.17, 15) is 0 Å². The lowest BCUT2D eigenvalue weighted by atomic mass is 9.91. The number of rotatable bonds is 4. The van der Waals surface area contributed by atoms with Gasteiger partial charge in [0.2, 0.25) is 0 Å². The second-order valence-electron chi connectivity index (χ2n) is 5.19. The van der Waals surface area contributed by atoms with Crippen molar-refractivity contribution in [1.82, 2.24) is 10.3 Å². The fourth-order valence-corrected chi connectivity index (χ4v) is 6.99. The van der Waals surface area contributed by atoms with Crippen LogP contribution in [0.1, 0.15) is 46.5 Å². The van der Waals surface area contributed by atoms with Crippen LogP contribution in [0, 0.1) is 0 Å². The summed E-state index contributed by atoms with van der Waals surface area (Å²) in [4.78, 5) is 6.64. The highest BCUT2D eigenvalue weighted by Gasteiger charge is 2.27. The Balaban J connectivity index is 1.76. The molecule has 2 atom stereocenters. The topological polar surface area (TPSA) is 24.9 Å². The molecule has 1 aliphatic carbocycles. The van der Waals surface area contributed by atoms with Gasteiger partial charge in [-0.15, -0.1) is 23.1 Å². The summed E-state index contributed by atoms with van der Waals surface area (Å²) in [5.74, 6) is 4.53. The van der Waals surface area contributed by atoms with Crippen LogP contribution in [0.4, 0.5) is 0 Å². The molecular weight excluding hydrogens is 292 g/mol. The molecule has 1 fully saturated rings. The Labute approximate surface area is 128 Å². The fraction of sp³-hybridized carbons (Fsp3) is 0.786. The Kier molecular flexibility index (Phi) is 5.12. The highest BCUT2D eigenvalue weighted by Crippen LogP contribution is 2.42. The largest absolute Gasteiger partial charge is 0.316 e. The van der Waals surface area contributed by atoms with Gasteiger partial charge in [-0.25, -0.2) is 4.98 Å². The van der Waals surface area contributed by atoms with Crippen molar-refractivity contribution in [3.8, 4) is 0 Å². The van der Waals surface area contributed by atoms with Gasteiger partial charge in [0.15, 0.2) is 0 Å². The van der Waals surface area contributed by atoms with Gasteiger partial charge in [-0.2, -0.15) is 11.8 Å². The molecule has 106 valence electrons. The van der Waals surface area contributed by atoms with Crippen LogP contribution in [-0.2, 0) is 6.42 Å². The van der Waals surface area contributed by atoms with Crippen LogP contribution in [0.15, 0.2) is 0 Å². The van der Waals surface area contributed by atoms with Gasteiger partial charge in [-0.1, -0.05) is 6.92 Å². The molecule has 1 saturated heterocycles. The van der Waals surface area contributed by atoms with E-state index in [1.54, 1.807) is 4.88 Å². The maximum absolute atomic E-state index is 5.05. The molecule has 2 nitrogen and oxygen atoms in total. The minimum absolute atomic E-state index is 0.661. The Morgan fingerprint density at radius 2 is 2.32 bits per heavy atom. The highest BCUT2D eigenvalue weighted by atomic mass is 32.2. The molecule has 1 aromatic heterocycles. The molecule has 0 bridgehead atoms. The normalized spacial score (nSPS) is 27.2. The zero-order valence-corrected chi connectivity index (χ0v) is 13.9. The SMILES string of the molecule is CCNCC1CCCc2sc(C3CSCCS3)nc21. The molecule has 1 aliphatic heterocycles. The summed E-state index contributed by atoms with van der Waals surface area (Å²) in [5, 5.41) is 5.57. The summed E-state index contributed by atoms with van der Waals surface area (Å²) in [6.45, 7) is 4.36. The first-order valence-corrected chi connectivity index (χ1v) is 10.3. The van der Waals surface area contributed by atoms with Gasteiger partial charge in [0, 0.05) is 34.6 Å². The van der Waals surface area contributed by atoms with Crippen LogP contribution in [0.25, 0.3) is 0 Å². The highest BCUT2D eigenvalue weighted by molar-refractivity contribution is 8.06. The van der Waals surface area contributed by atoms with E-state index >= 15 is 0 Å². The predicted octanol–water partition coefficient (Wildman–Crippen LogP) is 3.69. The van der Waals surface area contributed by atoms with E-state index in [1.165, 1.54) is 47.2 Å². The van der Waals surface area contributed by atoms with Crippen LogP contribution >= 0.6 is 34.9 Å². The molecule has 2 heterocycles. The van der Waals surface area contributed by atoms with Gasteiger partial charge in [-0.05, 0) is 25.8 Å². The first-order chi connectivity index (χ1) is 9.38. The molecule has 3 rings (SSSR count). The Morgan fingerprint density at radius 1 is 1.37 bits per heavy atom. The van der Waals surface area contributed by atoms with Gasteiger partial charge in [-0.3, -0.25) is 0 Å². The lowest BCUT2D eigenvalue weighted by Crippen LogP contribution is -2.24. The first-order valence-electron chi connectivity index (χ1n) is 7.28. The quantitative estimate of drug-likeness (QED) is 0.916. The second-order valence-corrected chi connectivity index (χ2v) is 8.77. The van der Waals surface area contributed by atoms with Crippen LogP contribution < -0.4 is 5.32 Å². The molecular formula is C14H22N2S3. The molecule has 2 aliphatic rings. The van der Waals surface area contributed by atoms with E-state index in [-0.39, 0.29) is 0 Å². The number of likely N-dealkylation sites (N-methyl/N-ethyl adjacent to an activating group) is 1. The Hall–Kier alpha value is 0.290. The van der Waals surface area contributed by atoms with E-state index in [1.807, 2.05) is 11.3 Å². The molecule has 2 unspecified atom stereocenters. The fourth-order valence-electron chi connectivity index (χ4n) is 2.81. The maximum Gasteiger partial charge on any atom is 0.107 e. The van der Waals surface area contributed by atoms with Crippen molar-refractivity contribution in [2.24, 2.45) is 0 Å². The van der Waals surface area contributed by atoms with Crippen molar-refractivity contribution in [3.05, 3.63) is 15.6 Å². The standard InChI is InChI=1S/C14H22N2S3/c1-2-15-8-10-4-3-5-11-13(10)16-14(19-11)12-9-17-6-7-18-12/h10,12,15H,2-9H2,1H3. The molecule has 0 radical (unpaired) electrons. The summed E-state index contributed by atoms with van der Waals surface area (Å²) < 4.78 is 0. The predicted molar refractivity (Wildman–Crippen MR) is 88.9 cm³/mol. The molecule has 1 N–H and O–H groups in total. The van der Waals surface area contributed by atoms with Crippen molar-refractivity contribution < 1.29 is 0 Å².